The van der Waals surface area contributed by atoms with Crippen LogP contribution >= 0.6 is 35.3 Å². The smallest absolute Gasteiger partial charge is 0.262 e. The van der Waals surface area contributed by atoms with Gasteiger partial charge >= 0.3 is 0 Å². The molecule has 1 atom stereocenters. The van der Waals surface area contributed by atoms with Crippen molar-refractivity contribution < 1.29 is 25.9 Å². The lowest BCUT2D eigenvalue weighted by Gasteiger charge is -2.33. The molecule has 2 fully saturated rings. The Morgan fingerprint density at radius 3 is 2.50 bits per heavy atom. The van der Waals surface area contributed by atoms with E-state index in [-0.39, 0.29) is 18.7 Å². The van der Waals surface area contributed by atoms with Crippen molar-refractivity contribution in [2.45, 2.75) is 31.7 Å². The summed E-state index contributed by atoms with van der Waals surface area (Å²) >= 11 is 2.74. The molecule has 4 rings (SSSR count). The van der Waals surface area contributed by atoms with Gasteiger partial charge in [-0.25, -0.2) is 2.51 Å². The minimum Gasteiger partial charge on any atom is -0.371 e. The molecule has 1 N–H and O–H groups in total. The second-order valence-corrected chi connectivity index (χ2v) is 9.10. The minimum absolute atomic E-state index is 0.107. The Hall–Kier alpha value is -1.70. The number of halogens is 1. The molecule has 3 aliphatic heterocycles. The Morgan fingerprint density at radius 2 is 1.80 bits per heavy atom. The van der Waals surface area contributed by atoms with Crippen molar-refractivity contribution in [2.24, 2.45) is 5.92 Å². The fraction of sp³-hybridized carbons (Fsp3) is 0.474. The molecule has 4 amide bonds. The first-order chi connectivity index (χ1) is 14.5. The van der Waals surface area contributed by atoms with Crippen LogP contribution in [0.15, 0.2) is 18.2 Å². The minimum atomic E-state index is -0.946. The molecule has 2 saturated heterocycles. The van der Waals surface area contributed by atoms with E-state index in [1.54, 1.807) is 35.1 Å². The van der Waals surface area contributed by atoms with Gasteiger partial charge in [0, 0.05) is 25.2 Å². The summed E-state index contributed by atoms with van der Waals surface area (Å²) in [5, 5.41) is 2.21. The molecule has 160 valence electrons. The zero-order valence-corrected chi connectivity index (χ0v) is 18.9. The first-order valence-electron chi connectivity index (χ1n) is 9.67. The van der Waals surface area contributed by atoms with Gasteiger partial charge in [0.25, 0.3) is 11.8 Å². The standard InChI is InChI=1S/C19H20IN3O6S/c20-29-30-28-10-11-5-7-22(8-6-11)12-1-2-13-14(9-12)19(27)23(18(13)26)15-3-4-16(24)21-17(15)25/h1-2,9,11,15H,3-8,10H2,(H,21,24,25). The molecule has 0 aromatic heterocycles. The fourth-order valence-corrected chi connectivity index (χ4v) is 4.75. The second-order valence-electron chi connectivity index (χ2n) is 7.52. The number of nitrogens with zero attached hydrogens (tertiary/aromatic N) is 2. The van der Waals surface area contributed by atoms with Crippen LogP contribution in [0.1, 0.15) is 46.4 Å². The number of rotatable bonds is 6. The molecule has 1 aromatic rings. The molecule has 0 bridgehead atoms. The molecule has 1 aromatic carbocycles. The molecule has 3 heterocycles. The van der Waals surface area contributed by atoms with E-state index in [1.807, 2.05) is 6.07 Å². The third-order valence-electron chi connectivity index (χ3n) is 5.78. The number of imide groups is 2. The number of anilines is 1. The van der Waals surface area contributed by atoms with E-state index < -0.39 is 23.8 Å². The fourth-order valence-electron chi connectivity index (χ4n) is 4.16. The van der Waals surface area contributed by atoms with Gasteiger partial charge < -0.3 is 4.90 Å². The van der Waals surface area contributed by atoms with Gasteiger partial charge in [0.1, 0.15) is 29.0 Å². The normalized spacial score (nSPS) is 22.5. The summed E-state index contributed by atoms with van der Waals surface area (Å²) in [4.78, 5) is 52.5. The molecule has 0 radical (unpaired) electrons. The Balaban J connectivity index is 1.45. The van der Waals surface area contributed by atoms with Gasteiger partial charge in [0.2, 0.25) is 11.8 Å². The van der Waals surface area contributed by atoms with E-state index >= 15 is 0 Å². The molecule has 0 aliphatic carbocycles. The van der Waals surface area contributed by atoms with E-state index in [0.29, 0.717) is 23.7 Å². The van der Waals surface area contributed by atoms with E-state index in [2.05, 4.69) is 10.2 Å². The monoisotopic (exact) mass is 545 g/mol. The van der Waals surface area contributed by atoms with E-state index in [9.17, 15) is 19.2 Å². The van der Waals surface area contributed by atoms with Gasteiger partial charge in [-0.05, 0) is 43.4 Å². The molecular formula is C19H20IN3O6S. The Kier molecular flexibility index (Phi) is 6.60. The number of benzene rings is 1. The van der Waals surface area contributed by atoms with E-state index in [0.717, 1.165) is 48.8 Å². The van der Waals surface area contributed by atoms with Crippen molar-refractivity contribution in [3.8, 4) is 0 Å². The van der Waals surface area contributed by atoms with Gasteiger partial charge in [-0.2, -0.15) is 0 Å². The second kappa shape index (κ2) is 9.20. The predicted molar refractivity (Wildman–Crippen MR) is 117 cm³/mol. The van der Waals surface area contributed by atoms with Crippen LogP contribution in [-0.4, -0.2) is 54.3 Å². The highest BCUT2D eigenvalue weighted by molar-refractivity contribution is 14.1. The molecule has 3 aliphatic rings. The summed E-state index contributed by atoms with van der Waals surface area (Å²) in [6.45, 7) is 2.27. The summed E-state index contributed by atoms with van der Waals surface area (Å²) in [6, 6.07) is 4.28. The topological polar surface area (TPSA) is 105 Å². The number of amides is 4. The third kappa shape index (κ3) is 4.20. The van der Waals surface area contributed by atoms with Crippen LogP contribution < -0.4 is 10.2 Å². The molecule has 1 unspecified atom stereocenters. The van der Waals surface area contributed by atoms with Gasteiger partial charge in [0.05, 0.1) is 17.7 Å². The van der Waals surface area contributed by atoms with Crippen LogP contribution in [0.5, 0.6) is 0 Å². The number of fused-ring (bicyclic) bond motifs is 1. The lowest BCUT2D eigenvalue weighted by molar-refractivity contribution is -0.136. The maximum absolute atomic E-state index is 13.0. The van der Waals surface area contributed by atoms with Crippen molar-refractivity contribution in [2.75, 3.05) is 24.6 Å². The number of hydrogen-bond acceptors (Lipinski definition) is 8. The van der Waals surface area contributed by atoms with Crippen molar-refractivity contribution >= 4 is 64.6 Å². The maximum Gasteiger partial charge on any atom is 0.262 e. The van der Waals surface area contributed by atoms with Gasteiger partial charge in [-0.15, -0.1) is 0 Å². The third-order valence-corrected chi connectivity index (χ3v) is 6.50. The molecule has 30 heavy (non-hydrogen) atoms. The van der Waals surface area contributed by atoms with E-state index in [1.165, 1.54) is 0 Å². The number of piperidine rings is 2. The highest BCUT2D eigenvalue weighted by Crippen LogP contribution is 2.32. The van der Waals surface area contributed by atoms with Gasteiger partial charge in [-0.1, -0.05) is 0 Å². The molecule has 0 spiro atoms. The predicted octanol–water partition coefficient (Wildman–Crippen LogP) is 2.25. The summed E-state index contributed by atoms with van der Waals surface area (Å²) in [7, 11) is 0. The Bertz CT molecular complexity index is 889. The molecule has 11 heteroatoms. The van der Waals surface area contributed by atoms with Crippen LogP contribution in [0.25, 0.3) is 0 Å². The SMILES string of the molecule is O=C1CCC(N2C(=O)c3ccc(N4CCC(COSOI)CC4)cc3C2=O)C(=O)N1. The van der Waals surface area contributed by atoms with Gasteiger partial charge in [-0.3, -0.25) is 33.6 Å². The Labute approximate surface area is 191 Å². The van der Waals surface area contributed by atoms with Crippen molar-refractivity contribution in [1.82, 2.24) is 10.2 Å². The van der Waals surface area contributed by atoms with Crippen molar-refractivity contribution in [3.05, 3.63) is 29.3 Å². The lowest BCUT2D eigenvalue weighted by Crippen LogP contribution is -2.54. The number of carbonyl (C=O) groups is 4. The summed E-state index contributed by atoms with van der Waals surface area (Å²) in [5.41, 5.74) is 1.49. The largest absolute Gasteiger partial charge is 0.371 e. The summed E-state index contributed by atoms with van der Waals surface area (Å²) in [5.74, 6) is -1.51. The average Bonchev–Trinajstić information content (AvgIpc) is 2.99. The number of hydrogen-bond donors (Lipinski definition) is 1. The van der Waals surface area contributed by atoms with Crippen LogP contribution in [0.2, 0.25) is 0 Å². The zero-order chi connectivity index (χ0) is 21.3. The molecule has 0 saturated carbocycles. The molecule has 9 nitrogen and oxygen atoms in total. The summed E-state index contributed by atoms with van der Waals surface area (Å²) in [6.07, 6.45) is 2.16. The highest BCUT2D eigenvalue weighted by Gasteiger charge is 2.44. The van der Waals surface area contributed by atoms with Crippen molar-refractivity contribution in [1.29, 1.82) is 0 Å². The maximum atomic E-state index is 13.0. The van der Waals surface area contributed by atoms with Crippen LogP contribution in [-0.2, 0) is 16.3 Å². The van der Waals surface area contributed by atoms with Crippen LogP contribution in [0.4, 0.5) is 5.69 Å². The van der Waals surface area contributed by atoms with Gasteiger partial charge in [0.15, 0.2) is 12.3 Å². The quantitative estimate of drug-likeness (QED) is 0.251. The molecular weight excluding hydrogens is 525 g/mol. The van der Waals surface area contributed by atoms with E-state index in [4.69, 9.17) is 6.70 Å². The summed E-state index contributed by atoms with van der Waals surface area (Å²) < 4.78 is 10.2. The zero-order valence-electron chi connectivity index (χ0n) is 16.0. The van der Waals surface area contributed by atoms with Crippen molar-refractivity contribution in [3.63, 3.8) is 0 Å². The first-order valence-corrected chi connectivity index (χ1v) is 11.2. The number of nitrogens with one attached hydrogen (secondary N) is 1. The Morgan fingerprint density at radius 1 is 1.07 bits per heavy atom. The average molecular weight is 545 g/mol. The highest BCUT2D eigenvalue weighted by atomic mass is 127. The lowest BCUT2D eigenvalue weighted by atomic mass is 9.97. The first kappa shape index (κ1) is 21.5. The van der Waals surface area contributed by atoms with Crippen LogP contribution in [0.3, 0.4) is 0 Å². The van der Waals surface area contributed by atoms with Crippen LogP contribution in [0, 0.1) is 5.92 Å². The number of carbonyl (C=O) groups excluding carboxylic acids is 4.